The molecule has 1 amide bonds. The Morgan fingerprint density at radius 2 is 1.83 bits per heavy atom. The number of hydrogen-bond donors (Lipinski definition) is 1. The van der Waals surface area contributed by atoms with Gasteiger partial charge in [-0.2, -0.15) is 0 Å². The number of nitrogens with zero attached hydrogens (tertiary/aromatic N) is 3. The first kappa shape index (κ1) is 22.9. The Morgan fingerprint density at radius 3 is 2.57 bits per heavy atom. The minimum Gasteiger partial charge on any atom is -0.497 e. The Balaban J connectivity index is 1.76. The number of amides is 1. The van der Waals surface area contributed by atoms with Crippen LogP contribution in [-0.2, 0) is 4.79 Å². The van der Waals surface area contributed by atoms with Crippen molar-refractivity contribution in [1.82, 2.24) is 14.5 Å². The summed E-state index contributed by atoms with van der Waals surface area (Å²) in [7, 11) is 3.22. The quantitative estimate of drug-likeness (QED) is 0.399. The molecule has 0 bridgehead atoms. The lowest BCUT2D eigenvalue weighted by atomic mass is 9.82. The summed E-state index contributed by atoms with van der Waals surface area (Å²) in [5, 5.41) is 0. The van der Waals surface area contributed by atoms with Gasteiger partial charge in [0.2, 0.25) is 5.91 Å². The molecule has 0 spiro atoms. The average molecular weight is 471 g/mol. The number of fused-ring (bicyclic) bond motifs is 1. The molecule has 5 rings (SSSR count). The number of rotatable bonds is 7. The van der Waals surface area contributed by atoms with Gasteiger partial charge in [0.1, 0.15) is 17.3 Å². The maximum absolute atomic E-state index is 13.2. The smallest absolute Gasteiger partial charge is 0.246 e. The van der Waals surface area contributed by atoms with Crippen LogP contribution in [0.4, 0.5) is 0 Å². The van der Waals surface area contributed by atoms with E-state index in [9.17, 15) is 4.79 Å². The number of aromatic nitrogens is 3. The number of ether oxygens (including phenoxy) is 2. The summed E-state index contributed by atoms with van der Waals surface area (Å²) < 4.78 is 13.0. The van der Waals surface area contributed by atoms with E-state index in [1.165, 1.54) is 19.3 Å². The fraction of sp³-hybridized carbons (Fsp3) is 0.321. The van der Waals surface area contributed by atoms with Crippen molar-refractivity contribution in [2.24, 2.45) is 5.73 Å². The summed E-state index contributed by atoms with van der Waals surface area (Å²) in [6, 6.07) is 16.6. The summed E-state index contributed by atoms with van der Waals surface area (Å²) in [6.07, 6.45) is 7.54. The van der Waals surface area contributed by atoms with E-state index in [0.717, 1.165) is 35.0 Å². The van der Waals surface area contributed by atoms with Gasteiger partial charge in [-0.1, -0.05) is 37.5 Å². The molecule has 1 unspecified atom stereocenters. The van der Waals surface area contributed by atoms with E-state index in [1.807, 2.05) is 53.1 Å². The van der Waals surface area contributed by atoms with Gasteiger partial charge < -0.3 is 19.8 Å². The van der Waals surface area contributed by atoms with E-state index in [-0.39, 0.29) is 0 Å². The average Bonchev–Trinajstić information content (AvgIpc) is 3.28. The standard InChI is InChI=1S/C28H30N4O3/c1-34-19-14-15-21(24(17-19)35-2)28-31-22-12-6-7-13-23(22)32(28)26(27(29)33)25-20(11-8-16-30-25)18-9-4-3-5-10-18/h6-8,11-18,26H,3-5,9-10H2,1-2H3,(H2,29,33). The Bertz CT molecular complexity index is 1360. The van der Waals surface area contributed by atoms with Crippen molar-refractivity contribution in [1.29, 1.82) is 0 Å². The lowest BCUT2D eigenvalue weighted by molar-refractivity contribution is -0.120. The number of imidazole rings is 1. The molecule has 0 aliphatic heterocycles. The largest absolute Gasteiger partial charge is 0.497 e. The van der Waals surface area contributed by atoms with E-state index in [4.69, 9.17) is 25.2 Å². The molecule has 1 saturated carbocycles. The molecular weight excluding hydrogens is 440 g/mol. The van der Waals surface area contributed by atoms with Crippen molar-refractivity contribution < 1.29 is 14.3 Å². The number of pyridine rings is 1. The Labute approximate surface area is 204 Å². The lowest BCUT2D eigenvalue weighted by Gasteiger charge is -2.27. The molecule has 2 aromatic carbocycles. The lowest BCUT2D eigenvalue weighted by Crippen LogP contribution is -2.30. The van der Waals surface area contributed by atoms with Gasteiger partial charge in [0.05, 0.1) is 36.5 Å². The molecule has 1 fully saturated rings. The number of carbonyl (C=O) groups is 1. The zero-order valence-corrected chi connectivity index (χ0v) is 20.1. The van der Waals surface area contributed by atoms with Crippen LogP contribution in [0.2, 0.25) is 0 Å². The zero-order valence-electron chi connectivity index (χ0n) is 20.1. The van der Waals surface area contributed by atoms with Crippen LogP contribution >= 0.6 is 0 Å². The Morgan fingerprint density at radius 1 is 1.03 bits per heavy atom. The maximum atomic E-state index is 13.2. The van der Waals surface area contributed by atoms with Crippen molar-refractivity contribution >= 4 is 16.9 Å². The molecule has 0 radical (unpaired) electrons. The molecule has 180 valence electrons. The minimum atomic E-state index is -0.817. The van der Waals surface area contributed by atoms with Crippen molar-refractivity contribution in [2.75, 3.05) is 14.2 Å². The van der Waals surface area contributed by atoms with E-state index in [1.54, 1.807) is 20.4 Å². The van der Waals surface area contributed by atoms with Crippen molar-refractivity contribution in [2.45, 2.75) is 44.1 Å². The summed E-state index contributed by atoms with van der Waals surface area (Å²) in [5.74, 6) is 1.75. The molecule has 2 aromatic heterocycles. The van der Waals surface area contributed by atoms with Crippen LogP contribution in [0.1, 0.15) is 55.3 Å². The second-order valence-corrected chi connectivity index (χ2v) is 8.98. The van der Waals surface area contributed by atoms with Crippen molar-refractivity contribution in [3.05, 3.63) is 72.1 Å². The molecule has 1 atom stereocenters. The van der Waals surface area contributed by atoms with Gasteiger partial charge >= 0.3 is 0 Å². The monoisotopic (exact) mass is 470 g/mol. The third kappa shape index (κ3) is 4.22. The van der Waals surface area contributed by atoms with Crippen molar-refractivity contribution in [3.63, 3.8) is 0 Å². The predicted octanol–water partition coefficient (Wildman–Crippen LogP) is 5.24. The maximum Gasteiger partial charge on any atom is 0.246 e. The first-order chi connectivity index (χ1) is 17.1. The molecule has 4 aromatic rings. The summed E-state index contributed by atoms with van der Waals surface area (Å²) in [5.41, 5.74) is 10.2. The van der Waals surface area contributed by atoms with Crippen LogP contribution in [0.5, 0.6) is 11.5 Å². The summed E-state index contributed by atoms with van der Waals surface area (Å²) in [4.78, 5) is 22.9. The second kappa shape index (κ2) is 9.78. The van der Waals surface area contributed by atoms with Crippen LogP contribution in [0.3, 0.4) is 0 Å². The fourth-order valence-corrected chi connectivity index (χ4v) is 5.28. The Kier molecular flexibility index (Phi) is 6.40. The zero-order chi connectivity index (χ0) is 24.4. The van der Waals surface area contributed by atoms with Crippen LogP contribution in [-0.4, -0.2) is 34.7 Å². The Hall–Kier alpha value is -3.87. The molecule has 2 N–H and O–H groups in total. The van der Waals surface area contributed by atoms with Gasteiger partial charge in [0.15, 0.2) is 6.04 Å². The molecule has 7 heteroatoms. The fourth-order valence-electron chi connectivity index (χ4n) is 5.28. The first-order valence-electron chi connectivity index (χ1n) is 12.1. The van der Waals surface area contributed by atoms with Gasteiger partial charge in [0, 0.05) is 12.3 Å². The SMILES string of the molecule is COc1ccc(-c2nc3ccccc3n2C(C(N)=O)c2ncccc2C2CCCCC2)c(OC)c1. The molecule has 7 nitrogen and oxygen atoms in total. The molecule has 2 heterocycles. The van der Waals surface area contributed by atoms with Crippen LogP contribution in [0, 0.1) is 0 Å². The van der Waals surface area contributed by atoms with E-state index in [2.05, 4.69) is 6.07 Å². The normalized spacial score (nSPS) is 15.1. The highest BCUT2D eigenvalue weighted by Gasteiger charge is 2.32. The van der Waals surface area contributed by atoms with Gasteiger partial charge in [-0.3, -0.25) is 9.78 Å². The number of primary amides is 1. The second-order valence-electron chi connectivity index (χ2n) is 8.98. The predicted molar refractivity (Wildman–Crippen MR) is 136 cm³/mol. The number of methoxy groups -OCH3 is 2. The highest BCUT2D eigenvalue weighted by Crippen LogP contribution is 2.40. The number of benzene rings is 2. The molecule has 1 aliphatic rings. The van der Waals surface area contributed by atoms with E-state index >= 15 is 0 Å². The number of para-hydroxylation sites is 2. The van der Waals surface area contributed by atoms with E-state index < -0.39 is 11.9 Å². The van der Waals surface area contributed by atoms with Crippen LogP contribution in [0.25, 0.3) is 22.4 Å². The molecule has 0 saturated heterocycles. The van der Waals surface area contributed by atoms with Crippen molar-refractivity contribution in [3.8, 4) is 22.9 Å². The van der Waals surface area contributed by atoms with E-state index in [0.29, 0.717) is 28.9 Å². The molecule has 35 heavy (non-hydrogen) atoms. The van der Waals surface area contributed by atoms with Gasteiger partial charge in [0.25, 0.3) is 0 Å². The first-order valence-corrected chi connectivity index (χ1v) is 12.1. The highest BCUT2D eigenvalue weighted by atomic mass is 16.5. The van der Waals surface area contributed by atoms with Crippen LogP contribution in [0.15, 0.2) is 60.8 Å². The minimum absolute atomic E-state index is 0.364. The number of carbonyl (C=O) groups excluding carboxylic acids is 1. The summed E-state index contributed by atoms with van der Waals surface area (Å²) >= 11 is 0. The third-order valence-corrected chi connectivity index (χ3v) is 6.95. The number of hydrogen-bond acceptors (Lipinski definition) is 5. The van der Waals surface area contributed by atoms with Gasteiger partial charge in [-0.05, 0) is 54.7 Å². The number of nitrogens with two attached hydrogens (primary N) is 1. The topological polar surface area (TPSA) is 92.3 Å². The van der Waals surface area contributed by atoms with Gasteiger partial charge in [-0.15, -0.1) is 0 Å². The van der Waals surface area contributed by atoms with Gasteiger partial charge in [-0.25, -0.2) is 4.98 Å². The third-order valence-electron chi connectivity index (χ3n) is 6.95. The summed E-state index contributed by atoms with van der Waals surface area (Å²) in [6.45, 7) is 0. The highest BCUT2D eigenvalue weighted by molar-refractivity contribution is 5.89. The van der Waals surface area contributed by atoms with Crippen LogP contribution < -0.4 is 15.2 Å². The molecule has 1 aliphatic carbocycles. The molecular formula is C28H30N4O3.